The minimum Gasteiger partial charge on any atom is -0.330 e. The van der Waals surface area contributed by atoms with E-state index >= 15 is 0 Å². The lowest BCUT2D eigenvalue weighted by Crippen LogP contribution is -2.13. The van der Waals surface area contributed by atoms with Gasteiger partial charge in [-0.2, -0.15) is 0 Å². The Hall–Kier alpha value is -1.03. The lowest BCUT2D eigenvalue weighted by atomic mass is 10.3. The van der Waals surface area contributed by atoms with Gasteiger partial charge in [0.1, 0.15) is 10.0 Å². The van der Waals surface area contributed by atoms with Crippen molar-refractivity contribution >= 4 is 43.0 Å². The van der Waals surface area contributed by atoms with Crippen molar-refractivity contribution in [2.24, 2.45) is 5.73 Å². The van der Waals surface area contributed by atoms with Gasteiger partial charge in [0.2, 0.25) is 0 Å². The fraction of sp³-hybridized carbons (Fsp3) is 0.167. The highest BCUT2D eigenvalue weighted by molar-refractivity contribution is 9.10. The van der Waals surface area contributed by atoms with Gasteiger partial charge in [0.15, 0.2) is 5.82 Å². The molecule has 0 aliphatic rings. The van der Waals surface area contributed by atoms with E-state index in [0.29, 0.717) is 19.0 Å². The molecule has 1 heterocycles. The first kappa shape index (κ1) is 16.3. The predicted octanol–water partition coefficient (Wildman–Crippen LogP) is 3.09. The Labute approximate surface area is 133 Å². The second kappa shape index (κ2) is 6.39. The molecule has 21 heavy (non-hydrogen) atoms. The molecule has 0 unspecified atom stereocenters. The SMILES string of the molecule is NCCc1ccc(S(=O)(=O)Nc2c(F)cc(F)cc2Br)s1. The lowest BCUT2D eigenvalue weighted by Gasteiger charge is -2.09. The zero-order valence-corrected chi connectivity index (χ0v) is 13.8. The normalized spacial score (nSPS) is 11.6. The van der Waals surface area contributed by atoms with Crippen molar-refractivity contribution in [1.82, 2.24) is 0 Å². The maximum Gasteiger partial charge on any atom is 0.271 e. The summed E-state index contributed by atoms with van der Waals surface area (Å²) in [5, 5.41) is 0. The molecule has 0 saturated carbocycles. The van der Waals surface area contributed by atoms with Gasteiger partial charge < -0.3 is 5.73 Å². The second-order valence-electron chi connectivity index (χ2n) is 4.11. The number of hydrogen-bond acceptors (Lipinski definition) is 4. The van der Waals surface area contributed by atoms with Crippen LogP contribution in [0, 0.1) is 11.6 Å². The van der Waals surface area contributed by atoms with E-state index in [9.17, 15) is 17.2 Å². The third kappa shape index (κ3) is 3.79. The Bertz CT molecular complexity index is 739. The van der Waals surface area contributed by atoms with Gasteiger partial charge >= 0.3 is 0 Å². The van der Waals surface area contributed by atoms with Gasteiger partial charge in [-0.05, 0) is 47.1 Å². The Morgan fingerprint density at radius 2 is 2.00 bits per heavy atom. The molecular weight excluding hydrogens is 386 g/mol. The number of halogens is 3. The quantitative estimate of drug-likeness (QED) is 0.815. The molecule has 2 rings (SSSR count). The minimum absolute atomic E-state index is 0.0117. The molecule has 0 radical (unpaired) electrons. The predicted molar refractivity (Wildman–Crippen MR) is 81.9 cm³/mol. The Morgan fingerprint density at radius 3 is 2.62 bits per heavy atom. The van der Waals surface area contributed by atoms with Crippen LogP contribution in [0.5, 0.6) is 0 Å². The van der Waals surface area contributed by atoms with Crippen molar-refractivity contribution < 1.29 is 17.2 Å². The highest BCUT2D eigenvalue weighted by Crippen LogP contribution is 2.30. The molecule has 9 heteroatoms. The molecule has 114 valence electrons. The number of sulfonamides is 1. The van der Waals surface area contributed by atoms with E-state index in [1.54, 1.807) is 6.07 Å². The summed E-state index contributed by atoms with van der Waals surface area (Å²) in [7, 11) is -3.93. The van der Waals surface area contributed by atoms with Crippen LogP contribution >= 0.6 is 27.3 Å². The summed E-state index contributed by atoms with van der Waals surface area (Å²) in [6, 6.07) is 4.67. The molecule has 0 aliphatic heterocycles. The van der Waals surface area contributed by atoms with E-state index in [-0.39, 0.29) is 14.4 Å². The van der Waals surface area contributed by atoms with Gasteiger partial charge in [-0.1, -0.05) is 0 Å². The topological polar surface area (TPSA) is 72.2 Å². The molecule has 3 N–H and O–H groups in total. The number of hydrogen-bond donors (Lipinski definition) is 2. The number of anilines is 1. The lowest BCUT2D eigenvalue weighted by molar-refractivity contribution is 0.582. The summed E-state index contributed by atoms with van der Waals surface area (Å²) in [5.41, 5.74) is 5.08. The summed E-state index contributed by atoms with van der Waals surface area (Å²) in [4.78, 5) is 0.816. The molecule has 1 aromatic carbocycles. The van der Waals surface area contributed by atoms with Crippen molar-refractivity contribution in [2.75, 3.05) is 11.3 Å². The number of nitrogens with one attached hydrogen (secondary N) is 1. The maximum absolute atomic E-state index is 13.7. The first-order chi connectivity index (χ1) is 9.83. The van der Waals surface area contributed by atoms with E-state index in [1.807, 2.05) is 0 Å². The minimum atomic E-state index is -3.93. The Balaban J connectivity index is 2.33. The second-order valence-corrected chi connectivity index (χ2v) is 8.04. The molecule has 4 nitrogen and oxygen atoms in total. The van der Waals surface area contributed by atoms with E-state index in [2.05, 4.69) is 20.7 Å². The van der Waals surface area contributed by atoms with Crippen LogP contribution in [0.1, 0.15) is 4.88 Å². The van der Waals surface area contributed by atoms with Crippen molar-refractivity contribution in [3.63, 3.8) is 0 Å². The molecule has 2 aromatic rings. The van der Waals surface area contributed by atoms with Gasteiger partial charge in [0, 0.05) is 15.4 Å². The fourth-order valence-corrected chi connectivity index (χ4v) is 4.70. The summed E-state index contributed by atoms with van der Waals surface area (Å²) in [6.07, 6.45) is 0.564. The average molecular weight is 397 g/mol. The Kier molecular flexibility index (Phi) is 4.97. The summed E-state index contributed by atoms with van der Waals surface area (Å²) in [6.45, 7) is 0.408. The monoisotopic (exact) mass is 396 g/mol. The molecule has 0 bridgehead atoms. The van der Waals surface area contributed by atoms with Crippen LogP contribution in [0.25, 0.3) is 0 Å². The third-order valence-electron chi connectivity index (χ3n) is 2.54. The van der Waals surface area contributed by atoms with E-state index in [4.69, 9.17) is 5.73 Å². The standard InChI is InChI=1S/C12H11BrF2N2O2S2/c13-9-5-7(14)6-10(15)12(9)17-21(18,19)11-2-1-8(20-11)3-4-16/h1-2,5-6,17H,3-4,16H2. The van der Waals surface area contributed by atoms with Crippen molar-refractivity contribution in [1.29, 1.82) is 0 Å². The van der Waals surface area contributed by atoms with Crippen LogP contribution < -0.4 is 10.5 Å². The zero-order chi connectivity index (χ0) is 15.6. The fourth-order valence-electron chi connectivity index (χ4n) is 1.60. The van der Waals surface area contributed by atoms with Crippen LogP contribution in [-0.4, -0.2) is 15.0 Å². The summed E-state index contributed by atoms with van der Waals surface area (Å²) in [5.74, 6) is -1.80. The van der Waals surface area contributed by atoms with Gasteiger partial charge in [0.05, 0.1) is 5.69 Å². The van der Waals surface area contributed by atoms with E-state index in [0.717, 1.165) is 22.3 Å². The number of nitrogens with two attached hydrogens (primary N) is 1. The van der Waals surface area contributed by atoms with Crippen molar-refractivity contribution in [2.45, 2.75) is 10.6 Å². The van der Waals surface area contributed by atoms with Gasteiger partial charge in [-0.25, -0.2) is 17.2 Å². The smallest absolute Gasteiger partial charge is 0.271 e. The number of rotatable bonds is 5. The Morgan fingerprint density at radius 1 is 1.29 bits per heavy atom. The highest BCUT2D eigenvalue weighted by Gasteiger charge is 2.21. The van der Waals surface area contributed by atoms with Gasteiger partial charge in [-0.15, -0.1) is 11.3 Å². The van der Waals surface area contributed by atoms with Crippen LogP contribution in [0.3, 0.4) is 0 Å². The van der Waals surface area contributed by atoms with Crippen LogP contribution in [0.15, 0.2) is 32.9 Å². The zero-order valence-electron chi connectivity index (χ0n) is 10.6. The van der Waals surface area contributed by atoms with Crippen molar-refractivity contribution in [3.8, 4) is 0 Å². The average Bonchev–Trinajstić information content (AvgIpc) is 2.84. The van der Waals surface area contributed by atoms with E-state index in [1.165, 1.54) is 6.07 Å². The molecule has 0 amide bonds. The molecule has 0 aliphatic carbocycles. The summed E-state index contributed by atoms with van der Waals surface area (Å²) < 4.78 is 53.2. The van der Waals surface area contributed by atoms with Gasteiger partial charge in [0.25, 0.3) is 10.0 Å². The molecular formula is C12H11BrF2N2O2S2. The first-order valence-electron chi connectivity index (χ1n) is 5.79. The molecule has 0 fully saturated rings. The molecule has 1 aromatic heterocycles. The molecule has 0 atom stereocenters. The highest BCUT2D eigenvalue weighted by atomic mass is 79.9. The molecule has 0 spiro atoms. The van der Waals surface area contributed by atoms with Crippen LogP contribution in [-0.2, 0) is 16.4 Å². The third-order valence-corrected chi connectivity index (χ3v) is 6.15. The van der Waals surface area contributed by atoms with E-state index < -0.39 is 21.7 Å². The number of thiophene rings is 1. The summed E-state index contributed by atoms with van der Waals surface area (Å²) >= 11 is 3.99. The first-order valence-corrected chi connectivity index (χ1v) is 8.89. The van der Waals surface area contributed by atoms with Crippen LogP contribution in [0.4, 0.5) is 14.5 Å². The van der Waals surface area contributed by atoms with Crippen molar-refractivity contribution in [3.05, 3.63) is 45.2 Å². The number of benzene rings is 1. The largest absolute Gasteiger partial charge is 0.330 e. The maximum atomic E-state index is 13.7. The van der Waals surface area contributed by atoms with Crippen LogP contribution in [0.2, 0.25) is 0 Å². The molecule has 0 saturated heterocycles. The van der Waals surface area contributed by atoms with Gasteiger partial charge in [-0.3, -0.25) is 4.72 Å².